The highest BCUT2D eigenvalue weighted by molar-refractivity contribution is 6.46. The van der Waals surface area contributed by atoms with E-state index in [1.54, 1.807) is 13.0 Å². The van der Waals surface area contributed by atoms with E-state index >= 15 is 0 Å². The molecule has 0 fully saturated rings. The van der Waals surface area contributed by atoms with Crippen molar-refractivity contribution in [3.63, 3.8) is 0 Å². The van der Waals surface area contributed by atoms with Crippen molar-refractivity contribution in [3.8, 4) is 11.8 Å². The van der Waals surface area contributed by atoms with Crippen molar-refractivity contribution in [1.29, 1.82) is 5.26 Å². The van der Waals surface area contributed by atoms with Crippen LogP contribution in [-0.4, -0.2) is 42.5 Å². The zero-order chi connectivity index (χ0) is 23.8. The highest BCUT2D eigenvalue weighted by Crippen LogP contribution is 2.30. The minimum absolute atomic E-state index is 0.0433. The quantitative estimate of drug-likeness (QED) is 0.646. The minimum atomic E-state index is -1.05. The van der Waals surface area contributed by atoms with E-state index in [2.05, 4.69) is 14.7 Å². The van der Waals surface area contributed by atoms with Crippen LogP contribution in [0.2, 0.25) is 5.02 Å². The molecule has 0 aromatic heterocycles. The average molecular weight is 463 g/mol. The van der Waals surface area contributed by atoms with Crippen molar-refractivity contribution in [2.24, 2.45) is 15.9 Å². The Morgan fingerprint density at radius 3 is 2.72 bits per heavy atom. The number of Topliss-reactive ketones (excluding diaryl/α,β-unsaturated/α-hetero) is 1. The van der Waals surface area contributed by atoms with E-state index in [-0.39, 0.29) is 53.6 Å². The summed E-state index contributed by atoms with van der Waals surface area (Å²) >= 11 is 6.14. The van der Waals surface area contributed by atoms with E-state index in [0.29, 0.717) is 5.57 Å². The Labute approximate surface area is 188 Å². The second-order valence-electron chi connectivity index (χ2n) is 6.77. The van der Waals surface area contributed by atoms with Crippen LogP contribution in [-0.2, 0) is 20.9 Å². The van der Waals surface area contributed by atoms with Crippen molar-refractivity contribution in [3.05, 3.63) is 40.2 Å². The molecule has 9 nitrogen and oxygen atoms in total. The van der Waals surface area contributed by atoms with Crippen LogP contribution in [0.3, 0.4) is 0 Å². The predicted molar refractivity (Wildman–Crippen MR) is 114 cm³/mol. The molecule has 0 saturated heterocycles. The van der Waals surface area contributed by atoms with Crippen LogP contribution in [0.4, 0.5) is 9.18 Å². The lowest BCUT2D eigenvalue weighted by atomic mass is 9.97. The van der Waals surface area contributed by atoms with E-state index in [1.807, 2.05) is 19.2 Å². The number of nitriles is 1. The summed E-state index contributed by atoms with van der Waals surface area (Å²) in [6.07, 6.45) is 0.435. The molecule has 0 spiro atoms. The molecule has 2 rings (SSSR count). The first-order valence-electron chi connectivity index (χ1n) is 9.53. The number of amides is 2. The SMILES string of the molecule is CCOC(=O)NC(=O)C(C#N)=NCc1cc(F)c(OC2=NCC(=O)C(C(C)C)=C2)c(Cl)c1. The van der Waals surface area contributed by atoms with E-state index in [1.165, 1.54) is 12.1 Å². The van der Waals surface area contributed by atoms with Crippen LogP contribution in [0.15, 0.2) is 33.8 Å². The lowest BCUT2D eigenvalue weighted by molar-refractivity contribution is -0.115. The first kappa shape index (κ1) is 24.7. The molecule has 1 aromatic rings. The Balaban J connectivity index is 2.16. The fourth-order valence-electron chi connectivity index (χ4n) is 2.60. The summed E-state index contributed by atoms with van der Waals surface area (Å²) in [6.45, 7) is 4.92. The third kappa shape index (κ3) is 6.46. The van der Waals surface area contributed by atoms with Crippen LogP contribution in [0.5, 0.6) is 5.75 Å². The molecule has 1 N–H and O–H groups in total. The average Bonchev–Trinajstić information content (AvgIpc) is 2.72. The summed E-state index contributed by atoms with van der Waals surface area (Å²) < 4.78 is 24.6. The summed E-state index contributed by atoms with van der Waals surface area (Å²) in [4.78, 5) is 42.8. The maximum Gasteiger partial charge on any atom is 0.414 e. The number of halogens is 2. The zero-order valence-electron chi connectivity index (χ0n) is 17.6. The maximum atomic E-state index is 14.6. The number of alkyl carbamates (subject to hydrolysis) is 1. The number of hydrogen-bond donors (Lipinski definition) is 1. The Morgan fingerprint density at radius 2 is 2.12 bits per heavy atom. The number of nitrogens with zero attached hydrogens (tertiary/aromatic N) is 3. The molecule has 0 unspecified atom stereocenters. The number of benzene rings is 1. The van der Waals surface area contributed by atoms with Crippen LogP contribution in [0, 0.1) is 23.1 Å². The number of ketones is 1. The molecule has 0 saturated carbocycles. The summed E-state index contributed by atoms with van der Waals surface area (Å²) in [5.41, 5.74) is 0.167. The smallest absolute Gasteiger partial charge is 0.414 e. The molecule has 0 radical (unpaired) electrons. The van der Waals surface area contributed by atoms with Crippen LogP contribution in [0.1, 0.15) is 26.3 Å². The number of dihydropyridines is 1. The number of imide groups is 1. The second kappa shape index (κ2) is 11.2. The van der Waals surface area contributed by atoms with Gasteiger partial charge in [-0.2, -0.15) is 5.26 Å². The highest BCUT2D eigenvalue weighted by Gasteiger charge is 2.21. The van der Waals surface area contributed by atoms with Crippen LogP contribution < -0.4 is 10.1 Å². The van der Waals surface area contributed by atoms with Crippen LogP contribution in [0.25, 0.3) is 0 Å². The van der Waals surface area contributed by atoms with Gasteiger partial charge in [0.1, 0.15) is 12.6 Å². The lowest BCUT2D eigenvalue weighted by Crippen LogP contribution is -2.36. The molecule has 1 aliphatic heterocycles. The fraction of sp³-hybridized carbons (Fsp3) is 0.333. The molecule has 168 valence electrons. The van der Waals surface area contributed by atoms with Gasteiger partial charge in [0, 0.05) is 11.6 Å². The number of nitrogens with one attached hydrogen (secondary N) is 1. The molecule has 1 aromatic carbocycles. The largest absolute Gasteiger partial charge is 0.450 e. The Bertz CT molecular complexity index is 1050. The van der Waals surface area contributed by atoms with Gasteiger partial charge < -0.3 is 9.47 Å². The molecule has 0 aliphatic carbocycles. The molecule has 32 heavy (non-hydrogen) atoms. The molecule has 0 bridgehead atoms. The highest BCUT2D eigenvalue weighted by atomic mass is 35.5. The van der Waals surface area contributed by atoms with Crippen LogP contribution >= 0.6 is 11.6 Å². The van der Waals surface area contributed by atoms with E-state index in [4.69, 9.17) is 21.6 Å². The summed E-state index contributed by atoms with van der Waals surface area (Å²) in [5, 5.41) is 10.8. The first-order chi connectivity index (χ1) is 15.2. The lowest BCUT2D eigenvalue weighted by Gasteiger charge is -2.16. The minimum Gasteiger partial charge on any atom is -0.450 e. The number of ether oxygens (including phenoxy) is 2. The van der Waals surface area contributed by atoms with Gasteiger partial charge in [-0.1, -0.05) is 25.4 Å². The molecule has 1 heterocycles. The van der Waals surface area contributed by atoms with E-state index < -0.39 is 23.5 Å². The standard InChI is InChI=1S/C21H20ClFN4O5/c1-4-31-21(30)27-20(29)16(8-24)25-9-12-5-14(22)19(15(23)6-12)32-18-7-13(11(2)3)17(28)10-26-18/h5-7,11H,4,9-10H2,1-3H3,(H,27,29,30). The normalized spacial score (nSPS) is 13.8. The predicted octanol–water partition coefficient (Wildman–Crippen LogP) is 3.16. The topological polar surface area (TPSA) is 130 Å². The van der Waals surface area contributed by atoms with Crippen molar-refractivity contribution in [1.82, 2.24) is 5.32 Å². The first-order valence-corrected chi connectivity index (χ1v) is 9.91. The monoisotopic (exact) mass is 462 g/mol. The number of rotatable bonds is 6. The molecule has 11 heteroatoms. The van der Waals surface area contributed by atoms with E-state index in [9.17, 15) is 18.8 Å². The number of carbonyl (C=O) groups is 3. The van der Waals surface area contributed by atoms with Crippen molar-refractivity contribution in [2.75, 3.05) is 13.2 Å². The molecule has 0 atom stereocenters. The van der Waals surface area contributed by atoms with Gasteiger partial charge in [0.15, 0.2) is 17.3 Å². The molecule has 2 amide bonds. The summed E-state index contributed by atoms with van der Waals surface area (Å²) in [5.74, 6) is -2.28. The third-order valence-electron chi connectivity index (χ3n) is 4.10. The Hall–Kier alpha value is -3.58. The third-order valence-corrected chi connectivity index (χ3v) is 4.38. The van der Waals surface area contributed by atoms with Crippen molar-refractivity contribution < 1.29 is 28.2 Å². The Kier molecular flexibility index (Phi) is 8.61. The Morgan fingerprint density at radius 1 is 1.41 bits per heavy atom. The number of aliphatic imine (C=N–C) groups is 2. The van der Waals surface area contributed by atoms with Gasteiger partial charge in [-0.3, -0.25) is 19.9 Å². The van der Waals surface area contributed by atoms with Gasteiger partial charge in [0.2, 0.25) is 11.6 Å². The number of carbonyl (C=O) groups excluding carboxylic acids is 3. The van der Waals surface area contributed by atoms with Gasteiger partial charge in [-0.15, -0.1) is 0 Å². The fourth-order valence-corrected chi connectivity index (χ4v) is 2.87. The number of hydrogen-bond acceptors (Lipinski definition) is 8. The maximum absolute atomic E-state index is 14.6. The summed E-state index contributed by atoms with van der Waals surface area (Å²) in [7, 11) is 0. The molecular formula is C21H20ClFN4O5. The zero-order valence-corrected chi connectivity index (χ0v) is 18.3. The second-order valence-corrected chi connectivity index (χ2v) is 7.18. The van der Waals surface area contributed by atoms with Gasteiger partial charge in [0.05, 0.1) is 18.2 Å². The van der Waals surface area contributed by atoms with Gasteiger partial charge in [-0.05, 0) is 30.5 Å². The van der Waals surface area contributed by atoms with Crippen molar-refractivity contribution >= 4 is 41.0 Å². The van der Waals surface area contributed by atoms with Gasteiger partial charge in [0.25, 0.3) is 5.91 Å². The van der Waals surface area contributed by atoms with E-state index in [0.717, 1.165) is 6.07 Å². The van der Waals surface area contributed by atoms with Crippen molar-refractivity contribution in [2.45, 2.75) is 27.3 Å². The summed E-state index contributed by atoms with van der Waals surface area (Å²) in [6, 6.07) is 3.98. The molecular weight excluding hydrogens is 443 g/mol. The van der Waals surface area contributed by atoms with Gasteiger partial charge in [-0.25, -0.2) is 14.2 Å². The molecule has 1 aliphatic rings. The van der Waals surface area contributed by atoms with Gasteiger partial charge >= 0.3 is 6.09 Å².